The minimum atomic E-state index is -2.14. The topological polar surface area (TPSA) is 63.7 Å². The first kappa shape index (κ1) is 10.6. The zero-order valence-corrected chi connectivity index (χ0v) is 8.38. The van der Waals surface area contributed by atoms with Crippen molar-refractivity contribution in [3.8, 4) is 0 Å². The van der Waals surface area contributed by atoms with E-state index >= 15 is 0 Å². The fraction of sp³-hybridized carbons (Fsp3) is 0.857. The molecule has 0 radical (unpaired) electrons. The predicted octanol–water partition coefficient (Wildman–Crippen LogP) is -0.665. The molecular weight excluding hydrogens is 192 g/mol. The summed E-state index contributed by atoms with van der Waals surface area (Å²) in [4.78, 5) is 12.9. The maximum atomic E-state index is 11.2. The Bertz CT molecular complexity index is 214. The zero-order chi connectivity index (χ0) is 9.84. The summed E-state index contributed by atoms with van der Waals surface area (Å²) in [6.45, 7) is 3.67. The van der Waals surface area contributed by atoms with E-state index in [1.54, 1.807) is 11.8 Å². The Morgan fingerprint density at radius 1 is 1.38 bits per heavy atom. The third-order valence-electron chi connectivity index (χ3n) is 2.10. The van der Waals surface area contributed by atoms with Gasteiger partial charge in [-0.3, -0.25) is 9.00 Å². The Morgan fingerprint density at radius 3 is 2.31 bits per heavy atom. The van der Waals surface area contributed by atoms with Crippen LogP contribution in [0.25, 0.3) is 0 Å². The second kappa shape index (κ2) is 4.69. The van der Waals surface area contributed by atoms with E-state index < -0.39 is 11.3 Å². The van der Waals surface area contributed by atoms with Gasteiger partial charge in [0.15, 0.2) is 0 Å². The van der Waals surface area contributed by atoms with Crippen molar-refractivity contribution in [2.75, 3.05) is 26.2 Å². The summed E-state index contributed by atoms with van der Waals surface area (Å²) in [5.74, 6) is 0.0938. The van der Waals surface area contributed by atoms with Crippen molar-refractivity contribution in [2.24, 2.45) is 0 Å². The van der Waals surface area contributed by atoms with Crippen LogP contribution in [0.2, 0.25) is 0 Å². The molecule has 6 heteroatoms. The van der Waals surface area contributed by atoms with Gasteiger partial charge in [0.2, 0.25) is 5.91 Å². The van der Waals surface area contributed by atoms with Gasteiger partial charge >= 0.3 is 0 Å². The van der Waals surface area contributed by atoms with Crippen LogP contribution >= 0.6 is 0 Å². The molecule has 0 aromatic rings. The molecule has 0 aromatic carbocycles. The van der Waals surface area contributed by atoms with Crippen LogP contribution in [-0.4, -0.2) is 50.1 Å². The molecule has 13 heavy (non-hydrogen) atoms. The van der Waals surface area contributed by atoms with Gasteiger partial charge in [-0.2, -0.15) is 0 Å². The molecule has 5 nitrogen and oxygen atoms in total. The third kappa shape index (κ3) is 2.75. The molecule has 1 saturated heterocycles. The van der Waals surface area contributed by atoms with E-state index in [2.05, 4.69) is 0 Å². The van der Waals surface area contributed by atoms with Crippen LogP contribution in [0.1, 0.15) is 13.3 Å². The number of hydrogen-bond acceptors (Lipinski definition) is 3. The van der Waals surface area contributed by atoms with Gasteiger partial charge in [0.1, 0.15) is 0 Å². The standard InChI is InChI=1S/C7H14N2O3S/c1-2-7(10)8-3-5-9(6-4-8)13(11)12/h2-6H2,1H3,(H,11,12)/p-1. The lowest BCUT2D eigenvalue weighted by molar-refractivity contribution is -0.132. The third-order valence-corrected chi connectivity index (χ3v) is 2.89. The molecule has 0 aromatic heterocycles. The maximum Gasteiger partial charge on any atom is 0.222 e. The highest BCUT2D eigenvalue weighted by Crippen LogP contribution is 2.04. The highest BCUT2D eigenvalue weighted by Gasteiger charge is 2.19. The summed E-state index contributed by atoms with van der Waals surface area (Å²) in [7, 11) is 0. The number of piperazine rings is 1. The summed E-state index contributed by atoms with van der Waals surface area (Å²) in [5, 5.41) is 0. The molecule has 0 aliphatic carbocycles. The van der Waals surface area contributed by atoms with Crippen molar-refractivity contribution < 1.29 is 13.6 Å². The van der Waals surface area contributed by atoms with Gasteiger partial charge < -0.3 is 9.45 Å². The molecule has 0 spiro atoms. The van der Waals surface area contributed by atoms with E-state index in [4.69, 9.17) is 0 Å². The molecule has 1 heterocycles. The largest absolute Gasteiger partial charge is 0.760 e. The Morgan fingerprint density at radius 2 is 1.92 bits per heavy atom. The average Bonchev–Trinajstić information content (AvgIpc) is 2.17. The number of rotatable bonds is 2. The Balaban J connectivity index is 2.39. The van der Waals surface area contributed by atoms with Crippen molar-refractivity contribution in [1.82, 2.24) is 9.21 Å². The van der Waals surface area contributed by atoms with Crippen molar-refractivity contribution in [2.45, 2.75) is 13.3 Å². The summed E-state index contributed by atoms with van der Waals surface area (Å²) in [6, 6.07) is 0. The van der Waals surface area contributed by atoms with Gasteiger partial charge in [0, 0.05) is 43.9 Å². The molecule has 76 valence electrons. The molecule has 1 aliphatic rings. The molecule has 1 unspecified atom stereocenters. The fourth-order valence-electron chi connectivity index (χ4n) is 1.31. The molecule has 0 bridgehead atoms. The molecule has 1 amide bonds. The number of hydrogen-bond donors (Lipinski definition) is 0. The summed E-state index contributed by atoms with van der Waals surface area (Å²) >= 11 is -2.14. The molecule has 1 atom stereocenters. The number of nitrogens with zero attached hydrogens (tertiary/aromatic N) is 2. The number of carbonyl (C=O) groups is 1. The van der Waals surface area contributed by atoms with Crippen molar-refractivity contribution in [3.05, 3.63) is 0 Å². The molecule has 1 rings (SSSR count). The van der Waals surface area contributed by atoms with Gasteiger partial charge in [-0.15, -0.1) is 0 Å². The van der Waals surface area contributed by atoms with Crippen LogP contribution in [0.15, 0.2) is 0 Å². The minimum Gasteiger partial charge on any atom is -0.760 e. The van der Waals surface area contributed by atoms with Crippen LogP contribution in [0.4, 0.5) is 0 Å². The summed E-state index contributed by atoms with van der Waals surface area (Å²) in [5.41, 5.74) is 0. The van der Waals surface area contributed by atoms with E-state index in [0.29, 0.717) is 32.6 Å². The first-order chi connectivity index (χ1) is 6.15. The lowest BCUT2D eigenvalue weighted by atomic mass is 10.3. The van der Waals surface area contributed by atoms with E-state index in [-0.39, 0.29) is 5.91 Å². The molecular formula is C7H13N2O3S-. The predicted molar refractivity (Wildman–Crippen MR) is 47.4 cm³/mol. The van der Waals surface area contributed by atoms with Crippen molar-refractivity contribution in [1.29, 1.82) is 0 Å². The number of carbonyl (C=O) groups excluding carboxylic acids is 1. The molecule has 1 fully saturated rings. The fourth-order valence-corrected chi connectivity index (χ4v) is 1.77. The molecule has 0 saturated carbocycles. The second-order valence-corrected chi connectivity index (χ2v) is 3.83. The lowest BCUT2D eigenvalue weighted by Gasteiger charge is -2.35. The normalized spacial score (nSPS) is 21.5. The minimum absolute atomic E-state index is 0.0938. The van der Waals surface area contributed by atoms with E-state index in [9.17, 15) is 13.6 Å². The second-order valence-electron chi connectivity index (χ2n) is 2.88. The monoisotopic (exact) mass is 205 g/mol. The smallest absolute Gasteiger partial charge is 0.222 e. The van der Waals surface area contributed by atoms with Gasteiger partial charge in [-0.1, -0.05) is 6.92 Å². The van der Waals surface area contributed by atoms with Gasteiger partial charge in [0.25, 0.3) is 0 Å². The maximum absolute atomic E-state index is 11.2. The highest BCUT2D eigenvalue weighted by molar-refractivity contribution is 7.76. The van der Waals surface area contributed by atoms with Crippen LogP contribution in [-0.2, 0) is 16.1 Å². The molecule has 1 aliphatic heterocycles. The number of amides is 1. The average molecular weight is 205 g/mol. The first-order valence-electron chi connectivity index (χ1n) is 4.27. The van der Waals surface area contributed by atoms with Crippen molar-refractivity contribution in [3.63, 3.8) is 0 Å². The Labute approximate surface area is 80.1 Å². The van der Waals surface area contributed by atoms with Crippen LogP contribution in [0, 0.1) is 0 Å². The first-order valence-corrected chi connectivity index (χ1v) is 5.30. The zero-order valence-electron chi connectivity index (χ0n) is 7.56. The van der Waals surface area contributed by atoms with E-state index in [1.807, 2.05) is 0 Å². The SMILES string of the molecule is CCC(=O)N1CCN(S(=O)[O-])CC1. The Hall–Kier alpha value is -0.460. The van der Waals surface area contributed by atoms with Gasteiger partial charge in [-0.05, 0) is 0 Å². The molecule has 0 N–H and O–H groups in total. The van der Waals surface area contributed by atoms with E-state index in [0.717, 1.165) is 0 Å². The lowest BCUT2D eigenvalue weighted by Crippen LogP contribution is -2.48. The van der Waals surface area contributed by atoms with Gasteiger partial charge in [-0.25, -0.2) is 4.31 Å². The van der Waals surface area contributed by atoms with Crippen LogP contribution < -0.4 is 0 Å². The van der Waals surface area contributed by atoms with Crippen molar-refractivity contribution >= 4 is 17.2 Å². The highest BCUT2D eigenvalue weighted by atomic mass is 32.2. The van der Waals surface area contributed by atoms with Crippen LogP contribution in [0.3, 0.4) is 0 Å². The quantitative estimate of drug-likeness (QED) is 0.562. The van der Waals surface area contributed by atoms with Crippen LogP contribution in [0.5, 0.6) is 0 Å². The Kier molecular flexibility index (Phi) is 3.83. The summed E-state index contributed by atoms with van der Waals surface area (Å²) < 4.78 is 22.4. The van der Waals surface area contributed by atoms with Gasteiger partial charge in [0.05, 0.1) is 0 Å². The summed E-state index contributed by atoms with van der Waals surface area (Å²) in [6.07, 6.45) is 0.487. The van der Waals surface area contributed by atoms with E-state index in [1.165, 1.54) is 4.31 Å².